The van der Waals surface area contributed by atoms with Crippen LogP contribution in [0.15, 0.2) is 42.7 Å². The number of benzene rings is 1. The first-order valence-electron chi connectivity index (χ1n) is 7.43. The smallest absolute Gasteiger partial charge is 0.159 e. The van der Waals surface area contributed by atoms with E-state index in [-0.39, 0.29) is 0 Å². The summed E-state index contributed by atoms with van der Waals surface area (Å²) in [7, 11) is 0. The van der Waals surface area contributed by atoms with Crippen molar-refractivity contribution in [1.82, 2.24) is 14.5 Å². The van der Waals surface area contributed by atoms with Crippen molar-refractivity contribution in [3.8, 4) is 11.8 Å². The van der Waals surface area contributed by atoms with Gasteiger partial charge in [0.25, 0.3) is 0 Å². The van der Waals surface area contributed by atoms with Crippen molar-refractivity contribution < 1.29 is 8.78 Å². The number of pyridine rings is 1. The van der Waals surface area contributed by atoms with Gasteiger partial charge >= 0.3 is 0 Å². The summed E-state index contributed by atoms with van der Waals surface area (Å²) in [4.78, 5) is 8.40. The van der Waals surface area contributed by atoms with E-state index in [1.807, 2.05) is 30.5 Å². The average molecular weight is 323 g/mol. The molecule has 0 saturated carbocycles. The number of halogens is 2. The van der Waals surface area contributed by atoms with Gasteiger partial charge in [-0.15, -0.1) is 0 Å². The van der Waals surface area contributed by atoms with Gasteiger partial charge in [0.2, 0.25) is 0 Å². The molecule has 0 unspecified atom stereocenters. The van der Waals surface area contributed by atoms with E-state index in [1.54, 1.807) is 18.5 Å². The van der Waals surface area contributed by atoms with Crippen molar-refractivity contribution in [1.29, 1.82) is 0 Å². The van der Waals surface area contributed by atoms with Crippen LogP contribution in [0, 0.1) is 37.3 Å². The Bertz CT molecular complexity index is 949. The molecular formula is C19H15F2N3. The maximum Gasteiger partial charge on any atom is 0.159 e. The largest absolute Gasteiger partial charge is 0.317 e. The third-order valence-corrected chi connectivity index (χ3v) is 3.61. The predicted octanol–water partition coefficient (Wildman–Crippen LogP) is 3.62. The lowest BCUT2D eigenvalue weighted by Crippen LogP contribution is -2.05. The Kier molecular flexibility index (Phi) is 4.39. The second-order valence-corrected chi connectivity index (χ2v) is 5.46. The number of imidazole rings is 1. The van der Waals surface area contributed by atoms with E-state index in [1.165, 1.54) is 6.07 Å². The van der Waals surface area contributed by atoms with Gasteiger partial charge in [-0.05, 0) is 49.6 Å². The highest BCUT2D eigenvalue weighted by atomic mass is 19.2. The molecule has 0 N–H and O–H groups in total. The van der Waals surface area contributed by atoms with Crippen molar-refractivity contribution in [2.24, 2.45) is 0 Å². The lowest BCUT2D eigenvalue weighted by atomic mass is 10.2. The SMILES string of the molecule is Cc1cc(C#Cc2cnc(C)n2Cc2ccc(F)c(F)c2)ccn1. The number of nitrogens with zero attached hydrogens (tertiary/aromatic N) is 3. The van der Waals surface area contributed by atoms with E-state index >= 15 is 0 Å². The van der Waals surface area contributed by atoms with E-state index in [9.17, 15) is 8.78 Å². The Hall–Kier alpha value is -3.00. The molecule has 0 aliphatic rings. The molecule has 0 aliphatic carbocycles. The van der Waals surface area contributed by atoms with Gasteiger partial charge in [-0.2, -0.15) is 0 Å². The van der Waals surface area contributed by atoms with Crippen LogP contribution < -0.4 is 0 Å². The highest BCUT2D eigenvalue weighted by Gasteiger charge is 2.08. The van der Waals surface area contributed by atoms with Crippen molar-refractivity contribution >= 4 is 0 Å². The molecule has 1 aromatic carbocycles. The quantitative estimate of drug-likeness (QED) is 0.674. The number of hydrogen-bond acceptors (Lipinski definition) is 2. The molecule has 3 rings (SSSR count). The molecule has 0 atom stereocenters. The summed E-state index contributed by atoms with van der Waals surface area (Å²) in [6.45, 7) is 4.13. The van der Waals surface area contributed by atoms with Gasteiger partial charge < -0.3 is 4.57 Å². The molecule has 0 fully saturated rings. The van der Waals surface area contributed by atoms with Gasteiger partial charge in [0.1, 0.15) is 11.5 Å². The average Bonchev–Trinajstić information content (AvgIpc) is 2.89. The Morgan fingerprint density at radius 3 is 2.58 bits per heavy atom. The molecule has 0 spiro atoms. The molecule has 3 nitrogen and oxygen atoms in total. The van der Waals surface area contributed by atoms with Gasteiger partial charge in [0, 0.05) is 17.5 Å². The Labute approximate surface area is 139 Å². The van der Waals surface area contributed by atoms with Gasteiger partial charge in [-0.1, -0.05) is 12.0 Å². The fourth-order valence-corrected chi connectivity index (χ4v) is 2.35. The van der Waals surface area contributed by atoms with E-state index in [0.717, 1.165) is 23.1 Å². The molecule has 24 heavy (non-hydrogen) atoms. The summed E-state index contributed by atoms with van der Waals surface area (Å²) in [5.74, 6) is 5.21. The molecule has 120 valence electrons. The minimum atomic E-state index is -0.856. The third-order valence-electron chi connectivity index (χ3n) is 3.61. The molecule has 0 saturated heterocycles. The number of rotatable bonds is 2. The summed E-state index contributed by atoms with van der Waals surface area (Å²) in [6.07, 6.45) is 3.39. The first-order valence-corrected chi connectivity index (χ1v) is 7.43. The van der Waals surface area contributed by atoms with Crippen LogP contribution >= 0.6 is 0 Å². The monoisotopic (exact) mass is 323 g/mol. The summed E-state index contributed by atoms with van der Waals surface area (Å²) in [5, 5.41) is 0. The van der Waals surface area contributed by atoms with Gasteiger partial charge in [-0.25, -0.2) is 13.8 Å². The van der Waals surface area contributed by atoms with E-state index < -0.39 is 11.6 Å². The zero-order valence-corrected chi connectivity index (χ0v) is 13.3. The number of aryl methyl sites for hydroxylation is 2. The van der Waals surface area contributed by atoms with Gasteiger partial charge in [-0.3, -0.25) is 4.98 Å². The normalized spacial score (nSPS) is 10.3. The summed E-state index contributed by atoms with van der Waals surface area (Å²) in [6, 6.07) is 7.61. The van der Waals surface area contributed by atoms with Crippen LogP contribution in [0.4, 0.5) is 8.78 Å². The second kappa shape index (κ2) is 6.63. The van der Waals surface area contributed by atoms with Crippen LogP contribution in [0.5, 0.6) is 0 Å². The Morgan fingerprint density at radius 2 is 1.83 bits per heavy atom. The first kappa shape index (κ1) is 15.9. The summed E-state index contributed by atoms with van der Waals surface area (Å²) < 4.78 is 28.3. The maximum atomic E-state index is 13.4. The van der Waals surface area contributed by atoms with Crippen LogP contribution in [0.3, 0.4) is 0 Å². The lowest BCUT2D eigenvalue weighted by Gasteiger charge is -2.07. The van der Waals surface area contributed by atoms with Crippen LogP contribution in [-0.2, 0) is 6.54 Å². The maximum absolute atomic E-state index is 13.4. The molecule has 5 heteroatoms. The molecule has 3 aromatic rings. The molecule has 2 aromatic heterocycles. The summed E-state index contributed by atoms with van der Waals surface area (Å²) in [5.41, 5.74) is 3.12. The molecule has 0 bridgehead atoms. The molecule has 0 aliphatic heterocycles. The van der Waals surface area contributed by atoms with Crippen molar-refractivity contribution in [3.05, 3.63) is 82.7 Å². The summed E-state index contributed by atoms with van der Waals surface area (Å²) >= 11 is 0. The standard InChI is InChI=1S/C19H15F2N3/c1-13-9-15(7-8-22-13)3-5-17-11-23-14(2)24(17)12-16-4-6-18(20)19(21)10-16/h4,6-11H,12H2,1-2H3. The third kappa shape index (κ3) is 3.49. The number of hydrogen-bond donors (Lipinski definition) is 0. The zero-order chi connectivity index (χ0) is 17.1. The highest BCUT2D eigenvalue weighted by molar-refractivity contribution is 5.40. The Balaban J connectivity index is 1.90. The number of aromatic nitrogens is 3. The van der Waals surface area contributed by atoms with Gasteiger partial charge in [0.15, 0.2) is 11.6 Å². The van der Waals surface area contributed by atoms with E-state index in [4.69, 9.17) is 0 Å². The molecule has 2 heterocycles. The van der Waals surface area contributed by atoms with Crippen LogP contribution in [-0.4, -0.2) is 14.5 Å². The van der Waals surface area contributed by atoms with Crippen molar-refractivity contribution in [3.63, 3.8) is 0 Å². The fraction of sp³-hybridized carbons (Fsp3) is 0.158. The van der Waals surface area contributed by atoms with E-state index in [2.05, 4.69) is 21.8 Å². The first-order chi connectivity index (χ1) is 11.5. The lowest BCUT2D eigenvalue weighted by molar-refractivity contribution is 0.506. The molecule has 0 amide bonds. The van der Waals surface area contributed by atoms with Crippen LogP contribution in [0.25, 0.3) is 0 Å². The van der Waals surface area contributed by atoms with Crippen LogP contribution in [0.1, 0.15) is 28.3 Å². The minimum Gasteiger partial charge on any atom is -0.317 e. The van der Waals surface area contributed by atoms with E-state index in [0.29, 0.717) is 17.8 Å². The predicted molar refractivity (Wildman–Crippen MR) is 87.4 cm³/mol. The minimum absolute atomic E-state index is 0.377. The molecule has 0 radical (unpaired) electrons. The van der Waals surface area contributed by atoms with Gasteiger partial charge in [0.05, 0.1) is 12.7 Å². The van der Waals surface area contributed by atoms with Crippen molar-refractivity contribution in [2.45, 2.75) is 20.4 Å². The highest BCUT2D eigenvalue weighted by Crippen LogP contribution is 2.13. The zero-order valence-electron chi connectivity index (χ0n) is 13.3. The van der Waals surface area contributed by atoms with Crippen molar-refractivity contribution in [2.75, 3.05) is 0 Å². The second-order valence-electron chi connectivity index (χ2n) is 5.46. The molecular weight excluding hydrogens is 308 g/mol. The fourth-order valence-electron chi connectivity index (χ4n) is 2.35. The van der Waals surface area contributed by atoms with Crippen LogP contribution in [0.2, 0.25) is 0 Å². The topological polar surface area (TPSA) is 30.7 Å². The Morgan fingerprint density at radius 1 is 1.00 bits per heavy atom.